The van der Waals surface area contributed by atoms with Crippen LogP contribution in [0.2, 0.25) is 0 Å². The van der Waals surface area contributed by atoms with Crippen molar-refractivity contribution < 1.29 is 4.52 Å². The van der Waals surface area contributed by atoms with E-state index in [1.807, 2.05) is 19.1 Å². The fourth-order valence-corrected chi connectivity index (χ4v) is 1.84. The number of hydrogen-bond acceptors (Lipinski definition) is 3. The van der Waals surface area contributed by atoms with Crippen LogP contribution in [0.4, 0.5) is 0 Å². The van der Waals surface area contributed by atoms with Gasteiger partial charge in [-0.15, -0.1) is 0 Å². The Morgan fingerprint density at radius 2 is 1.88 bits per heavy atom. The Kier molecular flexibility index (Phi) is 2.79. The van der Waals surface area contributed by atoms with Crippen LogP contribution < -0.4 is 5.73 Å². The van der Waals surface area contributed by atoms with Gasteiger partial charge in [-0.05, 0) is 31.9 Å². The summed E-state index contributed by atoms with van der Waals surface area (Å²) in [7, 11) is 0. The van der Waals surface area contributed by atoms with Crippen molar-refractivity contribution in [3.05, 3.63) is 41.2 Å². The number of benzene rings is 1. The van der Waals surface area contributed by atoms with Crippen molar-refractivity contribution in [2.75, 3.05) is 0 Å². The molecule has 0 fully saturated rings. The van der Waals surface area contributed by atoms with E-state index in [2.05, 4.69) is 31.1 Å². The van der Waals surface area contributed by atoms with Gasteiger partial charge < -0.3 is 10.3 Å². The van der Waals surface area contributed by atoms with Gasteiger partial charge in [0.1, 0.15) is 5.69 Å². The standard InChI is InChI=1S/C13H16N2O/c1-8-5-4-6-9(2)13(8)11-7-12(10(3)14)16-15-11/h4-7,10H,14H2,1-3H3. The van der Waals surface area contributed by atoms with E-state index in [9.17, 15) is 0 Å². The Morgan fingerprint density at radius 3 is 2.38 bits per heavy atom. The molecule has 3 heteroatoms. The largest absolute Gasteiger partial charge is 0.359 e. The number of aromatic nitrogens is 1. The van der Waals surface area contributed by atoms with E-state index < -0.39 is 0 Å². The molecular weight excluding hydrogens is 200 g/mol. The van der Waals surface area contributed by atoms with Crippen molar-refractivity contribution in [2.45, 2.75) is 26.8 Å². The molecule has 0 saturated carbocycles. The molecule has 84 valence electrons. The van der Waals surface area contributed by atoms with Crippen molar-refractivity contribution in [1.82, 2.24) is 5.16 Å². The summed E-state index contributed by atoms with van der Waals surface area (Å²) in [6, 6.07) is 7.98. The summed E-state index contributed by atoms with van der Waals surface area (Å²) < 4.78 is 5.22. The molecule has 1 aromatic carbocycles. The Bertz CT molecular complexity index is 480. The zero-order chi connectivity index (χ0) is 11.7. The van der Waals surface area contributed by atoms with Gasteiger partial charge >= 0.3 is 0 Å². The molecule has 2 rings (SSSR count). The first-order valence-corrected chi connectivity index (χ1v) is 5.38. The Balaban J connectivity index is 2.50. The van der Waals surface area contributed by atoms with Crippen molar-refractivity contribution in [3.63, 3.8) is 0 Å². The highest BCUT2D eigenvalue weighted by Crippen LogP contribution is 2.27. The maximum atomic E-state index is 5.75. The molecule has 0 saturated heterocycles. The monoisotopic (exact) mass is 216 g/mol. The second-order valence-electron chi connectivity index (χ2n) is 4.17. The molecule has 0 aliphatic rings. The molecule has 0 aliphatic heterocycles. The van der Waals surface area contributed by atoms with Crippen molar-refractivity contribution in [2.24, 2.45) is 5.73 Å². The summed E-state index contributed by atoms with van der Waals surface area (Å²) in [4.78, 5) is 0. The minimum atomic E-state index is -0.120. The summed E-state index contributed by atoms with van der Waals surface area (Å²) in [6.45, 7) is 6.03. The van der Waals surface area contributed by atoms with Gasteiger partial charge in [-0.1, -0.05) is 23.4 Å². The average Bonchev–Trinajstić information content (AvgIpc) is 2.66. The molecule has 3 nitrogen and oxygen atoms in total. The molecule has 1 aromatic heterocycles. The normalized spacial score (nSPS) is 12.8. The summed E-state index contributed by atoms with van der Waals surface area (Å²) in [5, 5.41) is 4.07. The fraction of sp³-hybridized carbons (Fsp3) is 0.308. The van der Waals surface area contributed by atoms with Gasteiger partial charge in [-0.2, -0.15) is 0 Å². The van der Waals surface area contributed by atoms with E-state index in [1.54, 1.807) is 0 Å². The molecule has 2 aromatic rings. The van der Waals surface area contributed by atoms with Gasteiger partial charge in [0.05, 0.1) is 6.04 Å². The van der Waals surface area contributed by atoms with E-state index in [4.69, 9.17) is 10.3 Å². The van der Waals surface area contributed by atoms with E-state index in [0.29, 0.717) is 0 Å². The topological polar surface area (TPSA) is 52.0 Å². The zero-order valence-corrected chi connectivity index (χ0v) is 9.82. The van der Waals surface area contributed by atoms with E-state index in [-0.39, 0.29) is 6.04 Å². The quantitative estimate of drug-likeness (QED) is 0.839. The third kappa shape index (κ3) is 1.86. The molecule has 1 unspecified atom stereocenters. The Morgan fingerprint density at radius 1 is 1.25 bits per heavy atom. The minimum Gasteiger partial charge on any atom is -0.359 e. The highest BCUT2D eigenvalue weighted by molar-refractivity contribution is 5.67. The van der Waals surface area contributed by atoms with E-state index >= 15 is 0 Å². The predicted molar refractivity (Wildman–Crippen MR) is 64.0 cm³/mol. The van der Waals surface area contributed by atoms with Gasteiger partial charge in [0, 0.05) is 11.6 Å². The first-order valence-electron chi connectivity index (χ1n) is 5.38. The molecule has 0 aliphatic carbocycles. The molecule has 0 spiro atoms. The molecule has 0 bridgehead atoms. The number of nitrogens with two attached hydrogens (primary N) is 1. The van der Waals surface area contributed by atoms with Gasteiger partial charge in [-0.25, -0.2) is 0 Å². The number of nitrogens with zero attached hydrogens (tertiary/aromatic N) is 1. The Labute approximate surface area is 95.3 Å². The Hall–Kier alpha value is -1.61. The van der Waals surface area contributed by atoms with Crippen LogP contribution >= 0.6 is 0 Å². The highest BCUT2D eigenvalue weighted by atomic mass is 16.5. The summed E-state index contributed by atoms with van der Waals surface area (Å²) in [5.41, 5.74) is 10.1. The third-order valence-corrected chi connectivity index (χ3v) is 2.71. The van der Waals surface area contributed by atoms with Crippen molar-refractivity contribution in [1.29, 1.82) is 0 Å². The lowest BCUT2D eigenvalue weighted by molar-refractivity contribution is 0.369. The molecule has 0 radical (unpaired) electrons. The zero-order valence-electron chi connectivity index (χ0n) is 9.82. The van der Waals surface area contributed by atoms with Gasteiger partial charge in [0.2, 0.25) is 0 Å². The highest BCUT2D eigenvalue weighted by Gasteiger charge is 2.12. The molecular formula is C13H16N2O. The molecule has 16 heavy (non-hydrogen) atoms. The average molecular weight is 216 g/mol. The van der Waals surface area contributed by atoms with Crippen LogP contribution in [0.25, 0.3) is 11.3 Å². The van der Waals surface area contributed by atoms with E-state index in [1.165, 1.54) is 11.1 Å². The smallest absolute Gasteiger partial charge is 0.153 e. The van der Waals surface area contributed by atoms with Gasteiger partial charge in [0.25, 0.3) is 0 Å². The SMILES string of the molecule is Cc1cccc(C)c1-c1cc(C(C)N)on1. The number of rotatable bonds is 2. The lowest BCUT2D eigenvalue weighted by Crippen LogP contribution is -2.02. The number of aryl methyl sites for hydroxylation is 2. The van der Waals surface area contributed by atoms with Crippen LogP contribution in [0.15, 0.2) is 28.8 Å². The summed E-state index contributed by atoms with van der Waals surface area (Å²) >= 11 is 0. The maximum absolute atomic E-state index is 5.75. The lowest BCUT2D eigenvalue weighted by atomic mass is 10.00. The van der Waals surface area contributed by atoms with Crippen molar-refractivity contribution >= 4 is 0 Å². The van der Waals surface area contributed by atoms with Crippen LogP contribution in [0.1, 0.15) is 29.9 Å². The van der Waals surface area contributed by atoms with Crippen LogP contribution in [-0.4, -0.2) is 5.16 Å². The molecule has 0 amide bonds. The fourth-order valence-electron chi connectivity index (χ4n) is 1.84. The molecule has 1 heterocycles. The number of hydrogen-bond donors (Lipinski definition) is 1. The maximum Gasteiger partial charge on any atom is 0.153 e. The second kappa shape index (κ2) is 4.10. The van der Waals surface area contributed by atoms with E-state index in [0.717, 1.165) is 17.0 Å². The van der Waals surface area contributed by atoms with Gasteiger partial charge in [-0.3, -0.25) is 0 Å². The molecule has 2 N–H and O–H groups in total. The first kappa shape index (κ1) is 10.9. The summed E-state index contributed by atoms with van der Waals surface area (Å²) in [6.07, 6.45) is 0. The minimum absolute atomic E-state index is 0.120. The summed E-state index contributed by atoms with van der Waals surface area (Å²) in [5.74, 6) is 0.720. The van der Waals surface area contributed by atoms with Gasteiger partial charge in [0.15, 0.2) is 5.76 Å². The van der Waals surface area contributed by atoms with Crippen LogP contribution in [-0.2, 0) is 0 Å². The van der Waals surface area contributed by atoms with Crippen LogP contribution in [0.3, 0.4) is 0 Å². The van der Waals surface area contributed by atoms with Crippen LogP contribution in [0, 0.1) is 13.8 Å². The third-order valence-electron chi connectivity index (χ3n) is 2.71. The van der Waals surface area contributed by atoms with Crippen molar-refractivity contribution in [3.8, 4) is 11.3 Å². The van der Waals surface area contributed by atoms with Crippen LogP contribution in [0.5, 0.6) is 0 Å². The first-order chi connectivity index (χ1) is 7.59. The second-order valence-corrected chi connectivity index (χ2v) is 4.17. The lowest BCUT2D eigenvalue weighted by Gasteiger charge is -2.05. The predicted octanol–water partition coefficient (Wildman–Crippen LogP) is 2.98. The molecule has 1 atom stereocenters.